The molecule has 0 saturated carbocycles. The molecule has 1 heterocycles. The number of hydrogen-bond acceptors (Lipinski definition) is 3. The second-order valence-electron chi connectivity index (χ2n) is 7.48. The van der Waals surface area contributed by atoms with Crippen molar-refractivity contribution < 1.29 is 23.1 Å². The number of carbonyl (C=O) groups is 2. The summed E-state index contributed by atoms with van der Waals surface area (Å²) in [7, 11) is 0. The molecule has 2 amide bonds. The van der Waals surface area contributed by atoms with Crippen LogP contribution in [0.3, 0.4) is 0 Å². The molecule has 29 heavy (non-hydrogen) atoms. The quantitative estimate of drug-likeness (QED) is 0.769. The molecule has 0 aromatic heterocycles. The summed E-state index contributed by atoms with van der Waals surface area (Å²) < 4.78 is 28.8. The molecule has 3 rings (SSSR count). The zero-order valence-corrected chi connectivity index (χ0v) is 16.5. The van der Waals surface area contributed by atoms with E-state index in [2.05, 4.69) is 4.74 Å². The van der Waals surface area contributed by atoms with E-state index >= 15 is 0 Å². The van der Waals surface area contributed by atoms with Crippen molar-refractivity contribution in [2.24, 2.45) is 0 Å². The lowest BCUT2D eigenvalue weighted by molar-refractivity contribution is -0.137. The van der Waals surface area contributed by atoms with Gasteiger partial charge < -0.3 is 14.5 Å². The molecule has 1 saturated heterocycles. The van der Waals surface area contributed by atoms with Crippen LogP contribution in [-0.2, 0) is 10.2 Å². The van der Waals surface area contributed by atoms with Crippen LogP contribution >= 0.6 is 0 Å². The van der Waals surface area contributed by atoms with Crippen LogP contribution in [0.2, 0.25) is 0 Å². The van der Waals surface area contributed by atoms with Crippen molar-refractivity contribution in [1.29, 1.82) is 0 Å². The lowest BCUT2D eigenvalue weighted by Gasteiger charge is -2.38. The van der Waals surface area contributed by atoms with Crippen molar-refractivity contribution in [2.75, 3.05) is 26.2 Å². The predicted molar refractivity (Wildman–Crippen MR) is 105 cm³/mol. The Kier molecular flexibility index (Phi) is 6.15. The molecule has 1 aliphatic heterocycles. The Morgan fingerprint density at radius 1 is 0.897 bits per heavy atom. The molecule has 2 aromatic rings. The van der Waals surface area contributed by atoms with Crippen molar-refractivity contribution >= 4 is 11.8 Å². The number of carbonyl (C=O) groups excluding carboxylic acids is 2. The summed E-state index contributed by atoms with van der Waals surface area (Å²) >= 11 is 0. The fourth-order valence-electron chi connectivity index (χ4n) is 3.45. The number of benzene rings is 2. The van der Waals surface area contributed by atoms with E-state index in [1.54, 1.807) is 9.80 Å². The first-order valence-electron chi connectivity index (χ1n) is 9.48. The molecule has 0 bridgehead atoms. The molecule has 2 aromatic carbocycles. The van der Waals surface area contributed by atoms with Crippen molar-refractivity contribution in [3.8, 4) is 5.75 Å². The van der Waals surface area contributed by atoms with Gasteiger partial charge in [-0.2, -0.15) is 8.78 Å². The number of piperazine rings is 1. The maximum atomic E-state index is 13.0. The molecule has 1 fully saturated rings. The fourth-order valence-corrected chi connectivity index (χ4v) is 3.45. The number of alkyl halides is 2. The molecule has 0 N–H and O–H groups in total. The van der Waals surface area contributed by atoms with Gasteiger partial charge in [0.2, 0.25) is 5.91 Å². The second-order valence-corrected chi connectivity index (χ2v) is 7.48. The van der Waals surface area contributed by atoms with Gasteiger partial charge in [-0.3, -0.25) is 9.59 Å². The Labute approximate surface area is 168 Å². The molecule has 0 aliphatic carbocycles. The first-order chi connectivity index (χ1) is 13.8. The largest absolute Gasteiger partial charge is 0.435 e. The van der Waals surface area contributed by atoms with Crippen molar-refractivity contribution in [3.05, 3.63) is 65.7 Å². The van der Waals surface area contributed by atoms with Gasteiger partial charge in [0, 0.05) is 31.7 Å². The Morgan fingerprint density at radius 3 is 2.00 bits per heavy atom. The molecule has 0 spiro atoms. The van der Waals surface area contributed by atoms with Crippen LogP contribution in [0.15, 0.2) is 54.6 Å². The van der Waals surface area contributed by atoms with Crippen molar-refractivity contribution in [2.45, 2.75) is 25.9 Å². The first-order valence-corrected chi connectivity index (χ1v) is 9.48. The second kappa shape index (κ2) is 8.59. The number of nitrogens with zero attached hydrogens (tertiary/aromatic N) is 2. The monoisotopic (exact) mass is 402 g/mol. The van der Waals surface area contributed by atoms with Crippen LogP contribution in [0, 0.1) is 0 Å². The van der Waals surface area contributed by atoms with Crippen molar-refractivity contribution in [3.63, 3.8) is 0 Å². The summed E-state index contributed by atoms with van der Waals surface area (Å²) in [5.41, 5.74) is 0.708. The van der Waals surface area contributed by atoms with Gasteiger partial charge in [-0.05, 0) is 43.7 Å². The Bertz CT molecular complexity index is 846. The van der Waals surface area contributed by atoms with Gasteiger partial charge >= 0.3 is 6.61 Å². The van der Waals surface area contributed by atoms with E-state index < -0.39 is 12.0 Å². The minimum Gasteiger partial charge on any atom is -0.435 e. The van der Waals surface area contributed by atoms with Crippen LogP contribution in [0.1, 0.15) is 29.8 Å². The minimum absolute atomic E-state index is 0.00936. The number of hydrogen-bond donors (Lipinski definition) is 0. The lowest BCUT2D eigenvalue weighted by atomic mass is 9.83. The highest BCUT2D eigenvalue weighted by Gasteiger charge is 2.35. The summed E-state index contributed by atoms with van der Waals surface area (Å²) in [6.45, 7) is 2.66. The zero-order valence-electron chi connectivity index (χ0n) is 16.5. The van der Waals surface area contributed by atoms with E-state index in [4.69, 9.17) is 0 Å². The number of rotatable bonds is 5. The van der Waals surface area contributed by atoms with Gasteiger partial charge in [-0.1, -0.05) is 30.3 Å². The van der Waals surface area contributed by atoms with E-state index in [1.807, 2.05) is 44.2 Å². The normalized spacial score (nSPS) is 14.8. The first kappa shape index (κ1) is 20.8. The van der Waals surface area contributed by atoms with E-state index in [-0.39, 0.29) is 17.6 Å². The third kappa shape index (κ3) is 4.72. The maximum absolute atomic E-state index is 13.0. The van der Waals surface area contributed by atoms with Gasteiger partial charge in [0.05, 0.1) is 5.41 Å². The van der Waals surface area contributed by atoms with Crippen LogP contribution < -0.4 is 4.74 Å². The zero-order chi connectivity index (χ0) is 21.0. The summed E-state index contributed by atoms with van der Waals surface area (Å²) in [4.78, 5) is 29.2. The summed E-state index contributed by atoms with van der Waals surface area (Å²) in [6.07, 6.45) is 0. The molecule has 1 aliphatic rings. The van der Waals surface area contributed by atoms with E-state index in [9.17, 15) is 18.4 Å². The molecule has 0 unspecified atom stereocenters. The Hall–Kier alpha value is -2.96. The molecular formula is C22H24F2N2O3. The van der Waals surface area contributed by atoms with Gasteiger partial charge in [0.25, 0.3) is 5.91 Å². The highest BCUT2D eigenvalue weighted by molar-refractivity contribution is 5.94. The molecule has 0 atom stereocenters. The molecule has 5 nitrogen and oxygen atoms in total. The summed E-state index contributed by atoms with van der Waals surface area (Å²) in [5, 5.41) is 0. The Morgan fingerprint density at radius 2 is 1.45 bits per heavy atom. The van der Waals surface area contributed by atoms with Gasteiger partial charge in [-0.25, -0.2) is 0 Å². The smallest absolute Gasteiger partial charge is 0.387 e. The van der Waals surface area contributed by atoms with Crippen LogP contribution in [0.25, 0.3) is 0 Å². The third-order valence-corrected chi connectivity index (χ3v) is 5.21. The average molecular weight is 402 g/mol. The highest BCUT2D eigenvalue weighted by atomic mass is 19.3. The van der Waals surface area contributed by atoms with Crippen LogP contribution in [0.4, 0.5) is 8.78 Å². The number of ether oxygens (including phenoxy) is 1. The minimum atomic E-state index is -2.90. The Balaban J connectivity index is 1.60. The predicted octanol–water partition coefficient (Wildman–Crippen LogP) is 3.55. The van der Waals surface area contributed by atoms with Gasteiger partial charge in [0.15, 0.2) is 0 Å². The van der Waals surface area contributed by atoms with Gasteiger partial charge in [-0.15, -0.1) is 0 Å². The molecule has 7 heteroatoms. The lowest BCUT2D eigenvalue weighted by Crippen LogP contribution is -2.54. The molecule has 0 radical (unpaired) electrons. The van der Waals surface area contributed by atoms with Crippen LogP contribution in [0.5, 0.6) is 5.75 Å². The molecular weight excluding hydrogens is 378 g/mol. The third-order valence-electron chi connectivity index (χ3n) is 5.21. The highest BCUT2D eigenvalue weighted by Crippen LogP contribution is 2.26. The van der Waals surface area contributed by atoms with Gasteiger partial charge in [0.1, 0.15) is 5.75 Å². The van der Waals surface area contributed by atoms with E-state index in [0.717, 1.165) is 5.56 Å². The fraction of sp³-hybridized carbons (Fsp3) is 0.364. The van der Waals surface area contributed by atoms with E-state index in [1.165, 1.54) is 24.3 Å². The summed E-state index contributed by atoms with van der Waals surface area (Å²) in [5.74, 6) is -0.151. The SMILES string of the molecule is CC(C)(C(=O)N1CCN(C(=O)c2ccc(OC(F)F)cc2)CC1)c1ccccc1. The average Bonchev–Trinajstić information content (AvgIpc) is 2.73. The van der Waals surface area contributed by atoms with Crippen LogP contribution in [-0.4, -0.2) is 54.4 Å². The topological polar surface area (TPSA) is 49.9 Å². The van der Waals surface area contributed by atoms with E-state index in [0.29, 0.717) is 31.7 Å². The number of halogens is 2. The molecule has 154 valence electrons. The standard InChI is InChI=1S/C22H24F2N2O3/c1-22(2,17-6-4-3-5-7-17)20(28)26-14-12-25(13-15-26)19(27)16-8-10-18(11-9-16)29-21(23)24/h3-11,21H,12-15H2,1-2H3. The summed E-state index contributed by atoms with van der Waals surface area (Å²) in [6, 6.07) is 15.3. The maximum Gasteiger partial charge on any atom is 0.387 e. The number of amides is 2. The van der Waals surface area contributed by atoms with Crippen molar-refractivity contribution in [1.82, 2.24) is 9.80 Å².